The minimum atomic E-state index is -0.229. The topological polar surface area (TPSA) is 6.25 Å². The van der Waals surface area contributed by atoms with Gasteiger partial charge in [-0.05, 0) is 197 Å². The summed E-state index contributed by atoms with van der Waals surface area (Å²) in [6.07, 6.45) is 6.99. The van der Waals surface area contributed by atoms with Gasteiger partial charge < -0.3 is 4.90 Å². The van der Waals surface area contributed by atoms with E-state index >= 15 is 0 Å². The van der Waals surface area contributed by atoms with Crippen LogP contribution in [0.2, 0.25) is 0 Å². The summed E-state index contributed by atoms with van der Waals surface area (Å²) in [4.78, 5) is 2.40. The largest absolute Gasteiger partial charge is 0.347 e. The van der Waals surface area contributed by atoms with Crippen LogP contribution in [0.1, 0.15) is 144 Å². The average Bonchev–Trinajstić information content (AvgIpc) is 3.95. The third-order valence-corrected chi connectivity index (χ3v) is 17.4. The van der Waals surface area contributed by atoms with E-state index in [1.54, 1.807) is 0 Å². The molecular weight excluding hydrogens is 953 g/mol. The van der Waals surface area contributed by atoms with Crippen molar-refractivity contribution in [3.05, 3.63) is 227 Å². The minimum absolute atomic E-state index is 0.0915. The molecule has 8 aromatic carbocycles. The normalized spacial score (nSPS) is 15.8. The highest BCUT2D eigenvalue weighted by molar-refractivity contribution is 6.03. The number of fused-ring (bicyclic) bond motifs is 2. The molecule has 0 saturated carbocycles. The molecular formula is C77H85N2+. The first-order valence-electron chi connectivity index (χ1n) is 28.8. The van der Waals surface area contributed by atoms with Gasteiger partial charge in [0.1, 0.15) is 7.05 Å². The Hall–Kier alpha value is -7.29. The predicted octanol–water partition coefficient (Wildman–Crippen LogP) is 20.8. The zero-order chi connectivity index (χ0) is 56.8. The molecule has 0 aromatic heterocycles. The molecule has 2 aliphatic heterocycles. The van der Waals surface area contributed by atoms with Crippen LogP contribution in [-0.2, 0) is 32.5 Å². The smallest absolute Gasteiger partial charge is 0.209 e. The fourth-order valence-electron chi connectivity index (χ4n) is 12.2. The Balaban J connectivity index is 0.956. The second-order valence-corrected chi connectivity index (χ2v) is 28.0. The van der Waals surface area contributed by atoms with E-state index in [4.69, 9.17) is 0 Å². The molecule has 0 fully saturated rings. The van der Waals surface area contributed by atoms with Crippen molar-refractivity contribution < 1.29 is 4.58 Å². The molecule has 0 bridgehead atoms. The highest BCUT2D eigenvalue weighted by Gasteiger charge is 2.43. The third kappa shape index (κ3) is 10.7. The lowest BCUT2D eigenvalue weighted by molar-refractivity contribution is -0.401. The predicted molar refractivity (Wildman–Crippen MR) is 343 cm³/mol. The summed E-state index contributed by atoms with van der Waals surface area (Å²) in [6, 6.07) is 65.3. The molecule has 0 amide bonds. The maximum atomic E-state index is 2.45. The van der Waals surface area contributed by atoms with Crippen LogP contribution in [0, 0.1) is 0 Å². The monoisotopic (exact) mass is 1040 g/mol. The van der Waals surface area contributed by atoms with Crippen molar-refractivity contribution in [1.29, 1.82) is 0 Å². The molecule has 10 rings (SSSR count). The number of benzene rings is 8. The lowest BCUT2D eigenvalue weighted by Crippen LogP contribution is -2.26. The Morgan fingerprint density at radius 1 is 0.354 bits per heavy atom. The van der Waals surface area contributed by atoms with Crippen molar-refractivity contribution in [2.75, 3.05) is 19.0 Å². The quantitative estimate of drug-likeness (QED) is 0.138. The maximum Gasteiger partial charge on any atom is 0.209 e. The Labute approximate surface area is 475 Å². The van der Waals surface area contributed by atoms with Crippen molar-refractivity contribution in [2.45, 2.75) is 143 Å². The van der Waals surface area contributed by atoms with Gasteiger partial charge in [-0.3, -0.25) is 0 Å². The number of hydrogen-bond acceptors (Lipinski definition) is 1. The number of hydrogen-bond donors (Lipinski definition) is 0. The Kier molecular flexibility index (Phi) is 13.8. The van der Waals surface area contributed by atoms with Crippen molar-refractivity contribution in [1.82, 2.24) is 0 Å². The Morgan fingerprint density at radius 3 is 1.00 bits per heavy atom. The van der Waals surface area contributed by atoms with E-state index in [1.807, 2.05) is 0 Å². The van der Waals surface area contributed by atoms with Gasteiger partial charge in [-0.15, -0.1) is 0 Å². The molecule has 402 valence electrons. The lowest BCUT2D eigenvalue weighted by atomic mass is 9.80. The molecule has 0 unspecified atom stereocenters. The zero-order valence-corrected chi connectivity index (χ0v) is 50.8. The van der Waals surface area contributed by atoms with Crippen LogP contribution in [0.5, 0.6) is 0 Å². The van der Waals surface area contributed by atoms with E-state index in [0.29, 0.717) is 0 Å². The highest BCUT2D eigenvalue weighted by Crippen LogP contribution is 2.49. The summed E-state index contributed by atoms with van der Waals surface area (Å²) in [5.74, 6) is 0. The molecule has 2 aliphatic rings. The van der Waals surface area contributed by atoms with Crippen LogP contribution in [-0.4, -0.2) is 24.4 Å². The molecule has 2 heteroatoms. The minimum Gasteiger partial charge on any atom is -0.347 e. The first-order chi connectivity index (χ1) is 37.0. The van der Waals surface area contributed by atoms with Gasteiger partial charge >= 0.3 is 0 Å². The van der Waals surface area contributed by atoms with Gasteiger partial charge in [0, 0.05) is 41.6 Å². The fraction of sp³-hybridized carbons (Fsp3) is 0.312. The first kappa shape index (κ1) is 55.0. The maximum absolute atomic E-state index is 2.45. The second-order valence-electron chi connectivity index (χ2n) is 28.0. The zero-order valence-electron chi connectivity index (χ0n) is 50.8. The van der Waals surface area contributed by atoms with Crippen LogP contribution in [0.15, 0.2) is 194 Å². The molecule has 0 N–H and O–H groups in total. The van der Waals surface area contributed by atoms with Gasteiger partial charge in [-0.25, -0.2) is 0 Å². The summed E-state index contributed by atoms with van der Waals surface area (Å²) in [5, 5.41) is 0. The first-order valence-corrected chi connectivity index (χ1v) is 28.8. The Bertz CT molecular complexity index is 3560. The summed E-state index contributed by atoms with van der Waals surface area (Å²) in [6.45, 7) is 36.9. The van der Waals surface area contributed by atoms with E-state index in [0.717, 1.165) is 0 Å². The van der Waals surface area contributed by atoms with Gasteiger partial charge in [-0.1, -0.05) is 206 Å². The molecule has 79 heavy (non-hydrogen) atoms. The van der Waals surface area contributed by atoms with Gasteiger partial charge in [0.05, 0.1) is 5.41 Å². The molecule has 0 spiro atoms. The standard InChI is InChI=1S/C77H85N2/c1-72(2,3)62-32-22-50(23-33-62)56-42-57(51-24-34-63(35-25-51)73(4,5)6)45-60(44-56)54-30-40-68-66(48-54)76(13,14)70(78(68)17)20-19-21-71-77(15,16)67-49-55(31-41-69(67)79(71)18)61-46-58(52-26-36-64(37-27-52)74(7,8)9)43-59(47-61)53-28-38-65(39-29-53)75(10,11)12/h19-49H,1-18H3/q+1. The van der Waals surface area contributed by atoms with Gasteiger partial charge in [0.2, 0.25) is 5.69 Å². The molecule has 0 radical (unpaired) electrons. The molecule has 2 heterocycles. The summed E-state index contributed by atoms with van der Waals surface area (Å²) in [5.41, 5.74) is 27.7. The van der Waals surface area contributed by atoms with Crippen LogP contribution >= 0.6 is 0 Å². The van der Waals surface area contributed by atoms with Crippen molar-refractivity contribution in [3.63, 3.8) is 0 Å². The van der Waals surface area contributed by atoms with Crippen LogP contribution in [0.3, 0.4) is 0 Å². The fourth-order valence-corrected chi connectivity index (χ4v) is 12.2. The van der Waals surface area contributed by atoms with Gasteiger partial charge in [0.25, 0.3) is 0 Å². The summed E-state index contributed by atoms with van der Waals surface area (Å²) >= 11 is 0. The number of nitrogens with zero attached hydrogens (tertiary/aromatic N) is 2. The molecule has 8 aromatic rings. The highest BCUT2D eigenvalue weighted by atomic mass is 15.2. The van der Waals surface area contributed by atoms with Crippen LogP contribution in [0.25, 0.3) is 66.8 Å². The van der Waals surface area contributed by atoms with E-state index in [2.05, 4.69) is 322 Å². The molecule has 0 aliphatic carbocycles. The van der Waals surface area contributed by atoms with Gasteiger partial charge in [-0.2, -0.15) is 4.58 Å². The van der Waals surface area contributed by atoms with Crippen molar-refractivity contribution in [2.24, 2.45) is 0 Å². The number of anilines is 1. The number of allylic oxidation sites excluding steroid dienone is 4. The molecule has 0 atom stereocenters. The van der Waals surface area contributed by atoms with E-state index < -0.39 is 0 Å². The SMILES string of the molecule is CN1/C(=C\C=C\C2=[N+](C)c3ccc(-c4cc(-c5ccc(C(C)(C)C)cc5)cc(-c5ccc(C(C)(C)C)cc5)c4)cc3C2(C)C)C(C)(C)c2cc(-c3cc(-c4ccc(C(C)(C)C)cc4)cc(-c4ccc(C(C)(C)C)cc4)c3)ccc21. The van der Waals surface area contributed by atoms with E-state index in [-0.39, 0.29) is 32.5 Å². The van der Waals surface area contributed by atoms with E-state index in [9.17, 15) is 0 Å². The van der Waals surface area contributed by atoms with Crippen molar-refractivity contribution >= 4 is 17.1 Å². The van der Waals surface area contributed by atoms with Crippen LogP contribution < -0.4 is 4.90 Å². The molecule has 2 nitrogen and oxygen atoms in total. The van der Waals surface area contributed by atoms with Gasteiger partial charge in [0.15, 0.2) is 5.71 Å². The summed E-state index contributed by atoms with van der Waals surface area (Å²) < 4.78 is 2.40. The van der Waals surface area contributed by atoms with Crippen molar-refractivity contribution in [3.8, 4) is 66.8 Å². The molecule has 0 saturated heterocycles. The summed E-state index contributed by atoms with van der Waals surface area (Å²) in [7, 11) is 4.46. The van der Waals surface area contributed by atoms with Crippen LogP contribution in [0.4, 0.5) is 11.4 Å². The Morgan fingerprint density at radius 2 is 0.658 bits per heavy atom. The number of rotatable bonds is 8. The van der Waals surface area contributed by atoms with E-state index in [1.165, 1.54) is 123 Å². The number of likely N-dealkylation sites (N-methyl/N-ethyl adjacent to an activating group) is 1. The lowest BCUT2D eigenvalue weighted by Gasteiger charge is -2.24. The average molecular weight is 1040 g/mol. The second kappa shape index (κ2) is 19.8. The third-order valence-electron chi connectivity index (χ3n) is 17.4.